The van der Waals surface area contributed by atoms with Crippen molar-refractivity contribution in [2.24, 2.45) is 5.92 Å². The second-order valence-corrected chi connectivity index (χ2v) is 4.86. The Hall–Kier alpha value is -1.10. The summed E-state index contributed by atoms with van der Waals surface area (Å²) in [5, 5.41) is 9.16. The number of nitrogens with zero attached hydrogens (tertiary/aromatic N) is 1. The molecule has 0 aromatic carbocycles. The second kappa shape index (κ2) is 4.82. The molecule has 0 bridgehead atoms. The Balaban J connectivity index is 3.46. The van der Waals surface area contributed by atoms with E-state index in [-0.39, 0.29) is 11.5 Å². The maximum Gasteiger partial charge on any atom is 0.327 e. The molecule has 88 valence electrons. The van der Waals surface area contributed by atoms with Crippen LogP contribution in [0.15, 0.2) is 21.4 Å². The first-order valence-corrected chi connectivity index (χ1v) is 5.76. The molecule has 0 saturated carbocycles. The molecule has 0 aliphatic carbocycles. The fraction of sp³-hybridized carbons (Fsp3) is 0.455. The van der Waals surface area contributed by atoms with Gasteiger partial charge in [0.2, 0.25) is 0 Å². The predicted octanol–water partition coefficient (Wildman–Crippen LogP) is 2.20. The molecular formula is C11H14BrNO3. The molecule has 0 aliphatic rings. The normalized spacial score (nSPS) is 12.8. The molecule has 1 unspecified atom stereocenters. The highest BCUT2D eigenvalue weighted by Crippen LogP contribution is 2.21. The Morgan fingerprint density at radius 2 is 2.00 bits per heavy atom. The molecule has 0 radical (unpaired) electrons. The molecule has 0 saturated heterocycles. The van der Waals surface area contributed by atoms with Gasteiger partial charge in [-0.2, -0.15) is 0 Å². The third-order valence-electron chi connectivity index (χ3n) is 2.48. The Bertz CT molecular complexity index is 465. The van der Waals surface area contributed by atoms with Crippen molar-refractivity contribution in [2.75, 3.05) is 0 Å². The summed E-state index contributed by atoms with van der Waals surface area (Å²) in [5.41, 5.74) is 0.343. The fourth-order valence-electron chi connectivity index (χ4n) is 1.67. The van der Waals surface area contributed by atoms with Crippen LogP contribution in [0.3, 0.4) is 0 Å². The Morgan fingerprint density at radius 3 is 2.44 bits per heavy atom. The third-order valence-corrected chi connectivity index (χ3v) is 3.32. The van der Waals surface area contributed by atoms with Crippen LogP contribution < -0.4 is 5.56 Å². The molecule has 1 atom stereocenters. The van der Waals surface area contributed by atoms with Crippen molar-refractivity contribution in [3.8, 4) is 0 Å². The summed E-state index contributed by atoms with van der Waals surface area (Å²) in [7, 11) is 0. The van der Waals surface area contributed by atoms with Crippen LogP contribution in [0.4, 0.5) is 0 Å². The van der Waals surface area contributed by atoms with Crippen LogP contribution in [0.1, 0.15) is 25.6 Å². The van der Waals surface area contributed by atoms with Gasteiger partial charge in [-0.3, -0.25) is 9.36 Å². The molecule has 1 aromatic rings. The highest BCUT2D eigenvalue weighted by atomic mass is 79.9. The van der Waals surface area contributed by atoms with E-state index < -0.39 is 12.0 Å². The molecule has 1 N–H and O–H groups in total. The molecule has 0 aliphatic heterocycles. The summed E-state index contributed by atoms with van der Waals surface area (Å²) in [6.45, 7) is 5.29. The minimum absolute atomic E-state index is 0.150. The zero-order valence-corrected chi connectivity index (χ0v) is 11.0. The number of carbonyl (C=O) groups is 1. The van der Waals surface area contributed by atoms with Crippen LogP contribution in [0, 0.1) is 12.8 Å². The lowest BCUT2D eigenvalue weighted by Crippen LogP contribution is -2.34. The monoisotopic (exact) mass is 287 g/mol. The van der Waals surface area contributed by atoms with Gasteiger partial charge < -0.3 is 5.11 Å². The number of carboxylic acids is 1. The number of halogens is 1. The number of carboxylic acid groups (broad SMARTS) is 1. The molecule has 0 fully saturated rings. The average molecular weight is 288 g/mol. The smallest absolute Gasteiger partial charge is 0.327 e. The van der Waals surface area contributed by atoms with Gasteiger partial charge in [0.25, 0.3) is 5.56 Å². The molecule has 1 heterocycles. The summed E-state index contributed by atoms with van der Waals surface area (Å²) in [5.74, 6) is -1.14. The van der Waals surface area contributed by atoms with Gasteiger partial charge in [-0.05, 0) is 34.8 Å². The van der Waals surface area contributed by atoms with Crippen molar-refractivity contribution in [3.63, 3.8) is 0 Å². The predicted molar refractivity (Wildman–Crippen MR) is 64.6 cm³/mol. The maximum atomic E-state index is 11.7. The molecule has 0 spiro atoms. The Morgan fingerprint density at radius 1 is 1.44 bits per heavy atom. The first-order chi connectivity index (χ1) is 7.36. The van der Waals surface area contributed by atoms with Crippen LogP contribution >= 0.6 is 15.9 Å². The van der Waals surface area contributed by atoms with Gasteiger partial charge in [-0.25, -0.2) is 4.79 Å². The van der Waals surface area contributed by atoms with E-state index in [1.54, 1.807) is 26.8 Å². The molecule has 16 heavy (non-hydrogen) atoms. The van der Waals surface area contributed by atoms with Crippen LogP contribution in [0.25, 0.3) is 0 Å². The Labute approximate surface area is 102 Å². The topological polar surface area (TPSA) is 59.3 Å². The van der Waals surface area contributed by atoms with Gasteiger partial charge in [0.1, 0.15) is 6.04 Å². The zero-order chi connectivity index (χ0) is 12.5. The summed E-state index contributed by atoms with van der Waals surface area (Å²) in [6.07, 6.45) is 0. The van der Waals surface area contributed by atoms with Gasteiger partial charge >= 0.3 is 5.97 Å². The number of aromatic nitrogens is 1. The lowest BCUT2D eigenvalue weighted by Gasteiger charge is -2.22. The van der Waals surface area contributed by atoms with E-state index in [0.717, 1.165) is 4.47 Å². The van der Waals surface area contributed by atoms with Crippen molar-refractivity contribution in [1.82, 2.24) is 4.57 Å². The maximum absolute atomic E-state index is 11.7. The number of aliphatic carboxylic acids is 1. The van der Waals surface area contributed by atoms with Crippen molar-refractivity contribution in [3.05, 3.63) is 32.7 Å². The standard InChI is InChI=1S/C11H14BrNO3/c1-6(2)10(11(15)16)13-7(3)8(12)4-5-9(13)14/h4-6,10H,1-3H3,(H,15,16). The second-order valence-electron chi connectivity index (χ2n) is 4.00. The summed E-state index contributed by atoms with van der Waals surface area (Å²) in [4.78, 5) is 22.9. The molecule has 0 amide bonds. The number of rotatable bonds is 3. The van der Waals surface area contributed by atoms with Crippen LogP contribution in [0.5, 0.6) is 0 Å². The largest absolute Gasteiger partial charge is 0.480 e. The van der Waals surface area contributed by atoms with E-state index in [0.29, 0.717) is 5.69 Å². The minimum atomic E-state index is -0.988. The summed E-state index contributed by atoms with van der Waals surface area (Å²) < 4.78 is 2.05. The van der Waals surface area contributed by atoms with Crippen molar-refractivity contribution in [1.29, 1.82) is 0 Å². The first-order valence-electron chi connectivity index (χ1n) is 4.96. The minimum Gasteiger partial charge on any atom is -0.480 e. The van der Waals surface area contributed by atoms with E-state index in [1.165, 1.54) is 10.6 Å². The van der Waals surface area contributed by atoms with Crippen LogP contribution in [-0.4, -0.2) is 15.6 Å². The highest BCUT2D eigenvalue weighted by molar-refractivity contribution is 9.10. The Kier molecular flexibility index (Phi) is 3.91. The number of pyridine rings is 1. The van der Waals surface area contributed by atoms with Gasteiger partial charge in [0, 0.05) is 16.2 Å². The van der Waals surface area contributed by atoms with E-state index in [4.69, 9.17) is 5.11 Å². The highest BCUT2D eigenvalue weighted by Gasteiger charge is 2.26. The van der Waals surface area contributed by atoms with Crippen LogP contribution in [-0.2, 0) is 4.79 Å². The molecule has 1 aromatic heterocycles. The van der Waals surface area contributed by atoms with Gasteiger partial charge in [0.15, 0.2) is 0 Å². The molecular weight excluding hydrogens is 274 g/mol. The molecule has 1 rings (SSSR count). The lowest BCUT2D eigenvalue weighted by atomic mass is 10.0. The number of hydrogen-bond donors (Lipinski definition) is 1. The average Bonchev–Trinajstić information content (AvgIpc) is 2.17. The van der Waals surface area contributed by atoms with Crippen molar-refractivity contribution < 1.29 is 9.90 Å². The van der Waals surface area contributed by atoms with Gasteiger partial charge in [-0.1, -0.05) is 13.8 Å². The van der Waals surface area contributed by atoms with E-state index >= 15 is 0 Å². The van der Waals surface area contributed by atoms with Crippen molar-refractivity contribution >= 4 is 21.9 Å². The van der Waals surface area contributed by atoms with Gasteiger partial charge in [0.05, 0.1) is 0 Å². The third kappa shape index (κ3) is 2.35. The van der Waals surface area contributed by atoms with E-state index in [1.807, 2.05) is 0 Å². The molecule has 4 nitrogen and oxygen atoms in total. The van der Waals surface area contributed by atoms with E-state index in [9.17, 15) is 9.59 Å². The fourth-order valence-corrected chi connectivity index (χ4v) is 1.99. The van der Waals surface area contributed by atoms with Crippen molar-refractivity contribution in [2.45, 2.75) is 26.8 Å². The van der Waals surface area contributed by atoms with E-state index in [2.05, 4.69) is 15.9 Å². The molecule has 5 heteroatoms. The number of hydrogen-bond acceptors (Lipinski definition) is 2. The zero-order valence-electron chi connectivity index (χ0n) is 9.40. The van der Waals surface area contributed by atoms with Gasteiger partial charge in [-0.15, -0.1) is 0 Å². The van der Waals surface area contributed by atoms with Crippen LogP contribution in [0.2, 0.25) is 0 Å². The summed E-state index contributed by atoms with van der Waals surface area (Å²) in [6, 6.07) is 2.17. The SMILES string of the molecule is Cc1c(Br)ccc(=O)n1C(C(=O)O)C(C)C. The first kappa shape index (κ1) is 13.0. The summed E-state index contributed by atoms with van der Waals surface area (Å²) >= 11 is 3.29. The quantitative estimate of drug-likeness (QED) is 0.927. The lowest BCUT2D eigenvalue weighted by molar-refractivity contribution is -0.142.